The number of piperazine rings is 1. The van der Waals surface area contributed by atoms with Crippen molar-refractivity contribution in [2.45, 2.75) is 38.1 Å². The summed E-state index contributed by atoms with van der Waals surface area (Å²) in [5, 5.41) is 3.12. The molecule has 0 unspecified atom stereocenters. The van der Waals surface area contributed by atoms with Gasteiger partial charge in [-0.2, -0.15) is 0 Å². The van der Waals surface area contributed by atoms with Crippen molar-refractivity contribution in [3.05, 3.63) is 24.2 Å². The Morgan fingerprint density at radius 3 is 2.57 bits per heavy atom. The van der Waals surface area contributed by atoms with E-state index in [1.165, 1.54) is 19.1 Å². The molecule has 2 heterocycles. The lowest BCUT2D eigenvalue weighted by Gasteiger charge is -2.34. The normalized spacial score (nSPS) is 19.9. The summed E-state index contributed by atoms with van der Waals surface area (Å²) in [6.45, 7) is 3.75. The van der Waals surface area contributed by atoms with E-state index in [-0.39, 0.29) is 11.8 Å². The van der Waals surface area contributed by atoms with Crippen LogP contribution in [0.25, 0.3) is 0 Å². The molecule has 0 atom stereocenters. The Labute approximate surface area is 136 Å². The van der Waals surface area contributed by atoms with Gasteiger partial charge in [0.05, 0.1) is 6.26 Å². The Bertz CT molecular complexity index is 515. The molecule has 0 aromatic carbocycles. The maximum atomic E-state index is 12.2. The number of amides is 2. The molecule has 0 radical (unpaired) electrons. The van der Waals surface area contributed by atoms with Crippen molar-refractivity contribution in [3.63, 3.8) is 0 Å². The molecule has 1 aliphatic carbocycles. The summed E-state index contributed by atoms with van der Waals surface area (Å²) in [5.74, 6) is 0.508. The summed E-state index contributed by atoms with van der Waals surface area (Å²) >= 11 is 0. The molecule has 23 heavy (non-hydrogen) atoms. The van der Waals surface area contributed by atoms with Gasteiger partial charge >= 0.3 is 0 Å². The highest BCUT2D eigenvalue weighted by atomic mass is 16.3. The first-order valence-electron chi connectivity index (χ1n) is 8.57. The standard InChI is InChI=1S/C17H25N3O3/c21-16(18-14-4-1-2-5-14)7-8-19-9-11-20(12-10-19)17(22)15-6-3-13-23-15/h3,6,13-14H,1-2,4-5,7-12H2,(H,18,21). The fourth-order valence-electron chi connectivity index (χ4n) is 3.36. The number of furan rings is 1. The van der Waals surface area contributed by atoms with E-state index in [9.17, 15) is 9.59 Å². The lowest BCUT2D eigenvalue weighted by atomic mass is 10.2. The highest BCUT2D eigenvalue weighted by Crippen LogP contribution is 2.17. The third-order valence-electron chi connectivity index (χ3n) is 4.77. The van der Waals surface area contributed by atoms with Crippen molar-refractivity contribution in [1.29, 1.82) is 0 Å². The molecule has 126 valence electrons. The molecule has 1 saturated carbocycles. The number of nitrogens with zero attached hydrogens (tertiary/aromatic N) is 2. The van der Waals surface area contributed by atoms with Crippen molar-refractivity contribution < 1.29 is 14.0 Å². The van der Waals surface area contributed by atoms with E-state index >= 15 is 0 Å². The van der Waals surface area contributed by atoms with Gasteiger partial charge in [0, 0.05) is 45.2 Å². The van der Waals surface area contributed by atoms with Gasteiger partial charge in [-0.25, -0.2) is 0 Å². The predicted molar refractivity (Wildman–Crippen MR) is 86.1 cm³/mol. The highest BCUT2D eigenvalue weighted by molar-refractivity contribution is 5.91. The lowest BCUT2D eigenvalue weighted by Crippen LogP contribution is -2.49. The maximum Gasteiger partial charge on any atom is 0.289 e. The van der Waals surface area contributed by atoms with E-state index in [4.69, 9.17) is 4.42 Å². The van der Waals surface area contributed by atoms with Crippen molar-refractivity contribution in [2.75, 3.05) is 32.7 Å². The Balaban J connectivity index is 1.36. The summed E-state index contributed by atoms with van der Waals surface area (Å²) in [4.78, 5) is 28.2. The largest absolute Gasteiger partial charge is 0.459 e. The van der Waals surface area contributed by atoms with Gasteiger partial charge in [-0.3, -0.25) is 14.5 Å². The second kappa shape index (κ2) is 7.64. The lowest BCUT2D eigenvalue weighted by molar-refractivity contribution is -0.122. The Kier molecular flexibility index (Phi) is 5.33. The molecule has 2 aliphatic rings. The second-order valence-corrected chi connectivity index (χ2v) is 6.41. The van der Waals surface area contributed by atoms with Crippen molar-refractivity contribution in [3.8, 4) is 0 Å². The zero-order valence-corrected chi connectivity index (χ0v) is 13.5. The van der Waals surface area contributed by atoms with Gasteiger partial charge in [-0.1, -0.05) is 12.8 Å². The van der Waals surface area contributed by atoms with E-state index in [2.05, 4.69) is 10.2 Å². The van der Waals surface area contributed by atoms with Crippen LogP contribution in [0.1, 0.15) is 42.7 Å². The zero-order valence-electron chi connectivity index (χ0n) is 13.5. The molecule has 3 rings (SSSR count). The molecular formula is C17H25N3O3. The highest BCUT2D eigenvalue weighted by Gasteiger charge is 2.24. The molecule has 1 aromatic heterocycles. The van der Waals surface area contributed by atoms with Gasteiger partial charge < -0.3 is 14.6 Å². The van der Waals surface area contributed by atoms with Crippen molar-refractivity contribution >= 4 is 11.8 Å². The van der Waals surface area contributed by atoms with Gasteiger partial charge in [-0.05, 0) is 25.0 Å². The summed E-state index contributed by atoms with van der Waals surface area (Å²) in [7, 11) is 0. The Morgan fingerprint density at radius 1 is 1.17 bits per heavy atom. The number of hydrogen-bond donors (Lipinski definition) is 1. The predicted octanol–water partition coefficient (Wildman–Crippen LogP) is 1.49. The van der Waals surface area contributed by atoms with E-state index in [1.807, 2.05) is 4.90 Å². The smallest absolute Gasteiger partial charge is 0.289 e. The molecule has 1 aliphatic heterocycles. The number of carbonyl (C=O) groups is 2. The van der Waals surface area contributed by atoms with Crippen LogP contribution in [0.15, 0.2) is 22.8 Å². The monoisotopic (exact) mass is 319 g/mol. The SMILES string of the molecule is O=C(CCN1CCN(C(=O)c2ccco2)CC1)NC1CCCC1. The van der Waals surface area contributed by atoms with Crippen LogP contribution in [-0.2, 0) is 4.79 Å². The molecule has 0 bridgehead atoms. The fourth-order valence-corrected chi connectivity index (χ4v) is 3.36. The van der Waals surface area contributed by atoms with Crippen LogP contribution < -0.4 is 5.32 Å². The average molecular weight is 319 g/mol. The molecule has 1 saturated heterocycles. The number of carbonyl (C=O) groups excluding carboxylic acids is 2. The van der Waals surface area contributed by atoms with E-state index < -0.39 is 0 Å². The van der Waals surface area contributed by atoms with Gasteiger partial charge in [0.15, 0.2) is 5.76 Å². The van der Waals surface area contributed by atoms with Crippen LogP contribution in [0.2, 0.25) is 0 Å². The first kappa shape index (κ1) is 16.1. The summed E-state index contributed by atoms with van der Waals surface area (Å²) in [6.07, 6.45) is 6.78. The summed E-state index contributed by atoms with van der Waals surface area (Å²) in [5.41, 5.74) is 0. The molecule has 0 spiro atoms. The number of hydrogen-bond acceptors (Lipinski definition) is 4. The van der Waals surface area contributed by atoms with Crippen LogP contribution in [0.3, 0.4) is 0 Å². The number of rotatable bonds is 5. The van der Waals surface area contributed by atoms with Crippen LogP contribution in [0, 0.1) is 0 Å². The molecule has 6 nitrogen and oxygen atoms in total. The topological polar surface area (TPSA) is 65.8 Å². The van der Waals surface area contributed by atoms with E-state index in [1.54, 1.807) is 12.1 Å². The third kappa shape index (κ3) is 4.34. The average Bonchev–Trinajstić information content (AvgIpc) is 3.26. The molecule has 2 amide bonds. The molecule has 1 aromatic rings. The molecule has 1 N–H and O–H groups in total. The number of nitrogens with one attached hydrogen (secondary N) is 1. The minimum Gasteiger partial charge on any atom is -0.459 e. The minimum atomic E-state index is -0.0476. The maximum absolute atomic E-state index is 12.2. The minimum absolute atomic E-state index is 0.0476. The quantitative estimate of drug-likeness (QED) is 0.893. The van der Waals surface area contributed by atoms with Gasteiger partial charge in [0.2, 0.25) is 5.91 Å². The van der Waals surface area contributed by atoms with Gasteiger partial charge in [0.25, 0.3) is 5.91 Å². The summed E-state index contributed by atoms with van der Waals surface area (Å²) < 4.78 is 5.16. The zero-order chi connectivity index (χ0) is 16.1. The van der Waals surface area contributed by atoms with E-state index in [0.29, 0.717) is 31.3 Å². The van der Waals surface area contributed by atoms with Crippen LogP contribution in [0.4, 0.5) is 0 Å². The van der Waals surface area contributed by atoms with E-state index in [0.717, 1.165) is 32.5 Å². The van der Waals surface area contributed by atoms with Gasteiger partial charge in [0.1, 0.15) is 0 Å². The second-order valence-electron chi connectivity index (χ2n) is 6.41. The fraction of sp³-hybridized carbons (Fsp3) is 0.647. The van der Waals surface area contributed by atoms with Crippen molar-refractivity contribution in [2.24, 2.45) is 0 Å². The molecule has 2 fully saturated rings. The third-order valence-corrected chi connectivity index (χ3v) is 4.77. The van der Waals surface area contributed by atoms with Crippen LogP contribution in [-0.4, -0.2) is 60.4 Å². The van der Waals surface area contributed by atoms with Crippen LogP contribution in [0.5, 0.6) is 0 Å². The van der Waals surface area contributed by atoms with Gasteiger partial charge in [-0.15, -0.1) is 0 Å². The van der Waals surface area contributed by atoms with Crippen molar-refractivity contribution in [1.82, 2.24) is 15.1 Å². The Morgan fingerprint density at radius 2 is 1.91 bits per heavy atom. The molecule has 6 heteroatoms. The Hall–Kier alpha value is -1.82. The first-order chi connectivity index (χ1) is 11.2. The first-order valence-corrected chi connectivity index (χ1v) is 8.57. The molecular weight excluding hydrogens is 294 g/mol. The van der Waals surface area contributed by atoms with Crippen LogP contribution >= 0.6 is 0 Å². The summed E-state index contributed by atoms with van der Waals surface area (Å²) in [6, 6.07) is 3.82.